The summed E-state index contributed by atoms with van der Waals surface area (Å²) in [5, 5.41) is 3.84. The van der Waals surface area contributed by atoms with Crippen molar-refractivity contribution >= 4 is 6.21 Å². The molecule has 0 N–H and O–H groups in total. The molecule has 1 saturated carbocycles. The molecule has 2 nitrogen and oxygen atoms in total. The maximum Gasteiger partial charge on any atom is 0.263 e. The maximum atomic E-state index is 12.5. The van der Waals surface area contributed by atoms with Gasteiger partial charge in [0.1, 0.15) is 12.8 Å². The summed E-state index contributed by atoms with van der Waals surface area (Å²) in [5.41, 5.74) is 3.07. The van der Waals surface area contributed by atoms with Gasteiger partial charge in [-0.25, -0.2) is 8.78 Å². The van der Waals surface area contributed by atoms with Crippen LogP contribution < -0.4 is 0 Å². The van der Waals surface area contributed by atoms with Gasteiger partial charge in [0.25, 0.3) is 6.43 Å². The van der Waals surface area contributed by atoms with Crippen LogP contribution in [0.3, 0.4) is 0 Å². The van der Waals surface area contributed by atoms with E-state index in [9.17, 15) is 8.78 Å². The highest BCUT2D eigenvalue weighted by atomic mass is 19.3. The molecule has 3 rings (SSSR count). The van der Waals surface area contributed by atoms with Gasteiger partial charge in [-0.3, -0.25) is 0 Å². The monoisotopic (exact) mass is 342 g/mol. The predicted molar refractivity (Wildman–Crippen MR) is 95.0 cm³/mol. The van der Waals surface area contributed by atoms with Crippen molar-refractivity contribution in [2.45, 2.75) is 51.1 Å². The van der Waals surface area contributed by atoms with E-state index in [0.29, 0.717) is 5.92 Å². The van der Waals surface area contributed by atoms with E-state index in [1.807, 2.05) is 12.1 Å². The molecule has 0 bridgehead atoms. The Morgan fingerprint density at radius 1 is 0.960 bits per heavy atom. The first kappa shape index (κ1) is 17.6. The molecular formula is C21H22F2NO. The summed E-state index contributed by atoms with van der Waals surface area (Å²) < 4.78 is 25.0. The minimum Gasteiger partial charge on any atom is -0.390 e. The number of hydrogen-bond donors (Lipinski definition) is 0. The van der Waals surface area contributed by atoms with E-state index in [4.69, 9.17) is 4.84 Å². The van der Waals surface area contributed by atoms with Crippen molar-refractivity contribution in [3.63, 3.8) is 0 Å². The lowest BCUT2D eigenvalue weighted by Crippen LogP contribution is -2.04. The Kier molecular flexibility index (Phi) is 6.15. The van der Waals surface area contributed by atoms with E-state index in [-0.39, 0.29) is 12.2 Å². The van der Waals surface area contributed by atoms with E-state index in [2.05, 4.69) is 23.5 Å². The molecule has 0 heterocycles. The average molecular weight is 342 g/mol. The maximum absolute atomic E-state index is 12.5. The van der Waals surface area contributed by atoms with Crippen molar-refractivity contribution in [1.29, 1.82) is 0 Å². The van der Waals surface area contributed by atoms with Gasteiger partial charge >= 0.3 is 0 Å². The highest BCUT2D eigenvalue weighted by Crippen LogP contribution is 2.32. The summed E-state index contributed by atoms with van der Waals surface area (Å²) in [4.78, 5) is 5.20. The van der Waals surface area contributed by atoms with Gasteiger partial charge in [-0.05, 0) is 29.9 Å². The lowest BCUT2D eigenvalue weighted by Gasteiger charge is -2.21. The molecule has 0 unspecified atom stereocenters. The molecule has 1 fully saturated rings. The van der Waals surface area contributed by atoms with Gasteiger partial charge in [-0.1, -0.05) is 72.9 Å². The van der Waals surface area contributed by atoms with Gasteiger partial charge < -0.3 is 4.84 Å². The second-order valence-electron chi connectivity index (χ2n) is 6.48. The zero-order valence-corrected chi connectivity index (χ0v) is 14.1. The van der Waals surface area contributed by atoms with Crippen LogP contribution >= 0.6 is 0 Å². The van der Waals surface area contributed by atoms with Crippen LogP contribution in [0.2, 0.25) is 0 Å². The topological polar surface area (TPSA) is 21.6 Å². The second kappa shape index (κ2) is 8.75. The fraction of sp³-hybridized carbons (Fsp3) is 0.381. The minimum atomic E-state index is -2.45. The van der Waals surface area contributed by atoms with Crippen LogP contribution in [0.15, 0.2) is 53.7 Å². The third-order valence-corrected chi connectivity index (χ3v) is 4.69. The van der Waals surface area contributed by atoms with Gasteiger partial charge in [0.15, 0.2) is 0 Å². The first-order valence-electron chi connectivity index (χ1n) is 8.77. The third kappa shape index (κ3) is 5.12. The number of hydrogen-bond acceptors (Lipinski definition) is 2. The van der Waals surface area contributed by atoms with E-state index < -0.39 is 6.43 Å². The third-order valence-electron chi connectivity index (χ3n) is 4.69. The Labute approximate surface area is 147 Å². The molecule has 2 aromatic carbocycles. The van der Waals surface area contributed by atoms with Crippen LogP contribution in [0.5, 0.6) is 0 Å². The van der Waals surface area contributed by atoms with Crippen LogP contribution in [0.1, 0.15) is 66.7 Å². The van der Waals surface area contributed by atoms with Gasteiger partial charge in [0.2, 0.25) is 0 Å². The standard InChI is InChI=1S/C21H22F2NO/c22-21(23)20-12-8-17(9-13-20)15-25-24-14-16-6-10-19(11-7-16)18-4-2-1-3-5-18/h6-13,18,21H,1-5,15H2. The Balaban J connectivity index is 1.48. The Hall–Kier alpha value is -2.23. The summed E-state index contributed by atoms with van der Waals surface area (Å²) in [7, 11) is 0. The molecule has 0 amide bonds. The summed E-state index contributed by atoms with van der Waals surface area (Å²) in [6.45, 7) is 0.233. The smallest absolute Gasteiger partial charge is 0.263 e. The van der Waals surface area contributed by atoms with Crippen molar-refractivity contribution in [1.82, 2.24) is 0 Å². The summed E-state index contributed by atoms with van der Waals surface area (Å²) in [6, 6.07) is 14.4. The molecule has 4 heteroatoms. The summed E-state index contributed by atoms with van der Waals surface area (Å²) in [5.74, 6) is 0.687. The van der Waals surface area contributed by atoms with Crippen molar-refractivity contribution in [3.8, 4) is 0 Å². The number of alkyl halides is 2. The predicted octanol–water partition coefficient (Wildman–Crippen LogP) is 6.10. The molecule has 0 saturated heterocycles. The summed E-state index contributed by atoms with van der Waals surface area (Å²) in [6.07, 6.45) is 6.99. The zero-order valence-electron chi connectivity index (χ0n) is 14.1. The molecule has 2 aromatic rings. The lowest BCUT2D eigenvalue weighted by molar-refractivity contribution is 0.131. The van der Waals surface area contributed by atoms with Crippen molar-refractivity contribution in [2.75, 3.05) is 0 Å². The van der Waals surface area contributed by atoms with Crippen molar-refractivity contribution < 1.29 is 13.6 Å². The van der Waals surface area contributed by atoms with Gasteiger partial charge in [-0.15, -0.1) is 0 Å². The zero-order chi connectivity index (χ0) is 17.5. The number of rotatable bonds is 6. The Morgan fingerprint density at radius 3 is 2.28 bits per heavy atom. The van der Waals surface area contributed by atoms with E-state index in [1.54, 1.807) is 12.1 Å². The van der Waals surface area contributed by atoms with Gasteiger partial charge in [0.05, 0.1) is 0 Å². The largest absolute Gasteiger partial charge is 0.390 e. The molecule has 0 atom stereocenters. The molecule has 0 spiro atoms. The average Bonchev–Trinajstić information content (AvgIpc) is 2.67. The lowest BCUT2D eigenvalue weighted by atomic mass is 9.84. The van der Waals surface area contributed by atoms with Gasteiger partial charge in [0, 0.05) is 11.1 Å². The molecule has 1 aliphatic rings. The molecular weight excluding hydrogens is 320 g/mol. The second-order valence-corrected chi connectivity index (χ2v) is 6.48. The quantitative estimate of drug-likeness (QED) is 0.459. The molecule has 0 aliphatic heterocycles. The van der Waals surface area contributed by atoms with Crippen LogP contribution in [-0.2, 0) is 11.4 Å². The fourth-order valence-corrected chi connectivity index (χ4v) is 3.22. The van der Waals surface area contributed by atoms with E-state index in [1.165, 1.54) is 49.8 Å². The molecule has 25 heavy (non-hydrogen) atoms. The van der Waals surface area contributed by atoms with Gasteiger partial charge in [-0.2, -0.15) is 0 Å². The first-order chi connectivity index (χ1) is 12.2. The van der Waals surface area contributed by atoms with E-state index in [0.717, 1.165) is 11.1 Å². The van der Waals surface area contributed by atoms with Crippen LogP contribution in [0.25, 0.3) is 0 Å². The van der Waals surface area contributed by atoms with Crippen LogP contribution in [0, 0.1) is 0 Å². The number of nitrogens with zero attached hydrogens (tertiary/aromatic N) is 1. The van der Waals surface area contributed by atoms with Crippen LogP contribution in [-0.4, -0.2) is 6.21 Å². The summed E-state index contributed by atoms with van der Waals surface area (Å²) >= 11 is 0. The normalized spacial score (nSPS) is 15.8. The number of halogens is 2. The molecule has 131 valence electrons. The minimum absolute atomic E-state index is 0.0110. The first-order valence-corrected chi connectivity index (χ1v) is 8.77. The SMILES string of the molecule is FC(F)c1ccc(CO/N=[C]\c2ccc(C3CCCCC3)cc2)cc1. The van der Waals surface area contributed by atoms with Crippen LogP contribution in [0.4, 0.5) is 8.78 Å². The van der Waals surface area contributed by atoms with Crippen molar-refractivity contribution in [3.05, 3.63) is 70.8 Å². The molecule has 1 aliphatic carbocycles. The Morgan fingerprint density at radius 2 is 1.64 bits per heavy atom. The molecule has 1 radical (unpaired) electrons. The fourth-order valence-electron chi connectivity index (χ4n) is 3.22. The Bertz CT molecular complexity index is 674. The highest BCUT2D eigenvalue weighted by molar-refractivity contribution is 5.79. The van der Waals surface area contributed by atoms with Crippen molar-refractivity contribution in [2.24, 2.45) is 5.16 Å². The highest BCUT2D eigenvalue weighted by Gasteiger charge is 2.14. The molecule has 0 aromatic heterocycles. The number of benzene rings is 2. The van der Waals surface area contributed by atoms with E-state index >= 15 is 0 Å².